The monoisotopic (exact) mass is 1100 g/mol. The fourth-order valence-corrected chi connectivity index (χ4v) is 12.8. The molecule has 4 nitrogen and oxygen atoms in total. The number of anilines is 1. The van der Waals surface area contributed by atoms with E-state index in [1.54, 1.807) is 0 Å². The molecule has 0 saturated heterocycles. The van der Waals surface area contributed by atoms with Crippen molar-refractivity contribution in [3.8, 4) is 0 Å². The maximum Gasteiger partial charge on any atom is 0.210 e. The molecule has 0 fully saturated rings. The number of hydrogen-bond acceptors (Lipinski definition) is 3. The molecule has 0 unspecified atom stereocenters. The topological polar surface area (TPSA) is 43.5 Å². The molecular formula is C66H91Br2N2O2+. The summed E-state index contributed by atoms with van der Waals surface area (Å²) >= 11 is 7.43. The Morgan fingerprint density at radius 3 is 1.44 bits per heavy atom. The number of allylic oxidation sites excluding steroid dienone is 5. The Bertz CT molecular complexity index is 2590. The molecular weight excluding hydrogens is 1010 g/mol. The minimum atomic E-state index is -0.361. The largest absolute Gasteiger partial charge is 0.506 e. The predicted molar refractivity (Wildman–Crippen MR) is 318 cm³/mol. The number of rotatable bonds is 32. The molecule has 0 radical (unpaired) electrons. The van der Waals surface area contributed by atoms with Gasteiger partial charge in [-0.15, -0.1) is 0 Å². The number of hydrogen-bond donors (Lipinski definition) is 1. The number of unbranched alkanes of at least 4 members (excludes halogenated alkanes) is 26. The lowest BCUT2D eigenvalue weighted by Crippen LogP contribution is -2.32. The fourth-order valence-electron chi connectivity index (χ4n) is 12.1. The summed E-state index contributed by atoms with van der Waals surface area (Å²) in [5, 5.41) is 16.9. The Hall–Kier alpha value is -3.48. The molecule has 3 aliphatic rings. The van der Waals surface area contributed by atoms with E-state index in [-0.39, 0.29) is 22.4 Å². The first-order chi connectivity index (χ1) is 34.9. The SMILES string of the molecule is CCCCCCCCCCCCCCCCN1C(=CC2=C(O)C(=CC3=[N+](CCCCCCCCCCCCCCCC)c4cc5ccc(Br)cc5cc4C3(C)C)C2=O)C(C)(C)c2cc3cc(Br)ccc3cc21. The van der Waals surface area contributed by atoms with Crippen LogP contribution >= 0.6 is 31.9 Å². The fraction of sp³-hybridized carbons (Fsp3) is 0.576. The van der Waals surface area contributed by atoms with Crippen LogP contribution in [-0.2, 0) is 15.6 Å². The van der Waals surface area contributed by atoms with Gasteiger partial charge in [0.05, 0.1) is 16.6 Å². The van der Waals surface area contributed by atoms with E-state index in [0.29, 0.717) is 11.1 Å². The zero-order chi connectivity index (χ0) is 51.1. The van der Waals surface area contributed by atoms with Crippen molar-refractivity contribution in [3.63, 3.8) is 0 Å². The molecule has 0 saturated carbocycles. The molecule has 1 aliphatic carbocycles. The maximum atomic E-state index is 14.6. The number of ketones is 1. The van der Waals surface area contributed by atoms with Crippen LogP contribution in [0.4, 0.5) is 11.4 Å². The smallest absolute Gasteiger partial charge is 0.210 e. The van der Waals surface area contributed by atoms with Crippen LogP contribution in [0.3, 0.4) is 0 Å². The van der Waals surface area contributed by atoms with E-state index in [0.717, 1.165) is 46.3 Å². The highest BCUT2D eigenvalue weighted by Gasteiger charge is 2.47. The van der Waals surface area contributed by atoms with Crippen LogP contribution in [-0.4, -0.2) is 34.3 Å². The van der Waals surface area contributed by atoms with Crippen molar-refractivity contribution in [2.75, 3.05) is 18.0 Å². The van der Waals surface area contributed by atoms with Crippen LogP contribution < -0.4 is 4.90 Å². The third kappa shape index (κ3) is 14.1. The molecule has 72 heavy (non-hydrogen) atoms. The zero-order valence-corrected chi connectivity index (χ0v) is 48.8. The second-order valence-corrected chi connectivity index (χ2v) is 24.9. The highest BCUT2D eigenvalue weighted by molar-refractivity contribution is 9.10. The molecule has 4 aromatic carbocycles. The van der Waals surface area contributed by atoms with Crippen LogP contribution in [0.15, 0.2) is 104 Å². The van der Waals surface area contributed by atoms with Crippen molar-refractivity contribution in [2.24, 2.45) is 0 Å². The van der Waals surface area contributed by atoms with Gasteiger partial charge in [-0.25, -0.2) is 0 Å². The van der Waals surface area contributed by atoms with Crippen LogP contribution in [0.5, 0.6) is 0 Å². The molecule has 0 bridgehead atoms. The molecule has 2 heterocycles. The zero-order valence-electron chi connectivity index (χ0n) is 45.6. The van der Waals surface area contributed by atoms with Crippen LogP contribution in [0.1, 0.15) is 232 Å². The average molecular weight is 1100 g/mol. The van der Waals surface area contributed by atoms with Gasteiger partial charge in [0, 0.05) is 56.4 Å². The Morgan fingerprint density at radius 2 is 0.958 bits per heavy atom. The molecule has 0 spiro atoms. The van der Waals surface area contributed by atoms with E-state index in [9.17, 15) is 9.90 Å². The molecule has 2 aliphatic heterocycles. The Kier molecular flexibility index (Phi) is 21.4. The van der Waals surface area contributed by atoms with Gasteiger partial charge in [0.2, 0.25) is 11.5 Å². The summed E-state index contributed by atoms with van der Waals surface area (Å²) in [5.41, 5.74) is 7.30. The highest BCUT2D eigenvalue weighted by Crippen LogP contribution is 2.51. The predicted octanol–water partition coefficient (Wildman–Crippen LogP) is 20.9. The van der Waals surface area contributed by atoms with E-state index < -0.39 is 0 Å². The van der Waals surface area contributed by atoms with Crippen LogP contribution in [0.25, 0.3) is 21.5 Å². The Morgan fingerprint density at radius 1 is 0.514 bits per heavy atom. The van der Waals surface area contributed by atoms with Gasteiger partial charge in [-0.3, -0.25) is 4.79 Å². The summed E-state index contributed by atoms with van der Waals surface area (Å²) in [6, 6.07) is 22.4. The molecule has 390 valence electrons. The summed E-state index contributed by atoms with van der Waals surface area (Å²) in [4.78, 5) is 17.1. The molecule has 4 aromatic rings. The van der Waals surface area contributed by atoms with Gasteiger partial charge >= 0.3 is 0 Å². The number of carbonyl (C=O) groups is 1. The number of halogens is 2. The number of carbonyl (C=O) groups excluding carboxylic acids is 1. The second-order valence-electron chi connectivity index (χ2n) is 23.0. The van der Waals surface area contributed by atoms with E-state index in [1.807, 2.05) is 12.2 Å². The number of fused-ring (bicyclic) bond motifs is 4. The van der Waals surface area contributed by atoms with E-state index in [1.165, 1.54) is 211 Å². The molecule has 1 N–H and O–H groups in total. The van der Waals surface area contributed by atoms with Crippen molar-refractivity contribution in [3.05, 3.63) is 115 Å². The van der Waals surface area contributed by atoms with Gasteiger partial charge in [-0.05, 0) is 102 Å². The average Bonchev–Trinajstić information content (AvgIpc) is 3.69. The summed E-state index contributed by atoms with van der Waals surface area (Å²) < 4.78 is 4.61. The normalized spacial score (nSPS) is 17.1. The number of benzene rings is 4. The highest BCUT2D eigenvalue weighted by atomic mass is 79.9. The van der Waals surface area contributed by atoms with Crippen molar-refractivity contribution < 1.29 is 14.5 Å². The molecule has 0 aromatic heterocycles. The summed E-state index contributed by atoms with van der Waals surface area (Å²) in [6.45, 7) is 15.5. The van der Waals surface area contributed by atoms with Crippen LogP contribution in [0, 0.1) is 0 Å². The standard InChI is InChI=1S/C66H90Br2N2O2/c1-7-9-11-13-15-17-19-21-23-25-27-29-31-33-39-69-59-45-49-35-37-53(67)41-51(49)43-57(59)65(3,4)61(69)47-55-63(71)56(64(55)72)48-62-66(5,6)58-44-52-42-54(68)38-36-50(52)46-60(58)70(62)40-34-32-30-28-26-24-22-20-18-16-14-12-10-8-2/h35-38,41-48H,7-34,39-40H2,1-6H3/p+1. The van der Waals surface area contributed by atoms with E-state index in [4.69, 9.17) is 0 Å². The number of aliphatic hydroxyl groups is 1. The lowest BCUT2D eigenvalue weighted by atomic mass is 9.77. The van der Waals surface area contributed by atoms with Crippen molar-refractivity contribution in [1.29, 1.82) is 0 Å². The van der Waals surface area contributed by atoms with Gasteiger partial charge < -0.3 is 10.0 Å². The Balaban J connectivity index is 1.06. The van der Waals surface area contributed by atoms with Crippen molar-refractivity contribution in [2.45, 2.75) is 232 Å². The van der Waals surface area contributed by atoms with E-state index >= 15 is 0 Å². The number of aliphatic hydroxyl groups excluding tert-OH is 1. The second kappa shape index (κ2) is 27.3. The quantitative estimate of drug-likeness (QED) is 0.0301. The van der Waals surface area contributed by atoms with Gasteiger partial charge in [0.25, 0.3) is 0 Å². The molecule has 6 heteroatoms. The Labute approximate surface area is 453 Å². The van der Waals surface area contributed by atoms with Crippen molar-refractivity contribution in [1.82, 2.24) is 0 Å². The maximum absolute atomic E-state index is 14.6. The van der Waals surface area contributed by atoms with Crippen LogP contribution in [0.2, 0.25) is 0 Å². The van der Waals surface area contributed by atoms with Gasteiger partial charge in [0.1, 0.15) is 12.3 Å². The minimum absolute atomic E-state index is 0.0675. The first-order valence-corrected chi connectivity index (χ1v) is 30.8. The summed E-state index contributed by atoms with van der Waals surface area (Å²) in [6.07, 6.45) is 41.4. The first-order valence-electron chi connectivity index (χ1n) is 29.2. The minimum Gasteiger partial charge on any atom is -0.506 e. The van der Waals surface area contributed by atoms with Gasteiger partial charge in [-0.2, -0.15) is 4.58 Å². The number of nitrogens with zero attached hydrogens (tertiary/aromatic N) is 2. The summed E-state index contributed by atoms with van der Waals surface area (Å²) in [7, 11) is 0. The molecule has 0 amide bonds. The third-order valence-electron chi connectivity index (χ3n) is 16.7. The molecule has 0 atom stereocenters. The third-order valence-corrected chi connectivity index (χ3v) is 17.6. The van der Waals surface area contributed by atoms with Crippen molar-refractivity contribution >= 4 is 76.3 Å². The lowest BCUT2D eigenvalue weighted by molar-refractivity contribution is -0.438. The van der Waals surface area contributed by atoms with Gasteiger partial charge in [0.15, 0.2) is 5.71 Å². The number of Topliss-reactive ketones (excluding diaryl/α,β-unsaturated/α-hetero) is 1. The molecule has 7 rings (SSSR count). The lowest BCUT2D eigenvalue weighted by Gasteiger charge is -2.29. The summed E-state index contributed by atoms with van der Waals surface area (Å²) in [5.74, 6) is 0.0525. The van der Waals surface area contributed by atoms with Gasteiger partial charge in [-0.1, -0.05) is 232 Å². The first kappa shape index (κ1) is 56.3. The van der Waals surface area contributed by atoms with E-state index in [2.05, 4.69) is 144 Å².